The van der Waals surface area contributed by atoms with Crippen molar-refractivity contribution in [3.63, 3.8) is 0 Å². The van der Waals surface area contributed by atoms with Crippen molar-refractivity contribution >= 4 is 0 Å². The molecule has 0 spiro atoms. The molecule has 1 heterocycles. The minimum absolute atomic E-state index is 0.210. The van der Waals surface area contributed by atoms with Gasteiger partial charge in [0.2, 0.25) is 0 Å². The van der Waals surface area contributed by atoms with Gasteiger partial charge in [-0.15, -0.1) is 0 Å². The van der Waals surface area contributed by atoms with Gasteiger partial charge in [-0.1, -0.05) is 26.2 Å². The minimum atomic E-state index is 0.210. The van der Waals surface area contributed by atoms with Gasteiger partial charge in [-0.2, -0.15) is 0 Å². The van der Waals surface area contributed by atoms with Gasteiger partial charge < -0.3 is 9.73 Å². The molecule has 1 aliphatic rings. The van der Waals surface area contributed by atoms with Crippen molar-refractivity contribution in [3.05, 3.63) is 24.2 Å². The highest BCUT2D eigenvalue weighted by Crippen LogP contribution is 2.42. The lowest BCUT2D eigenvalue weighted by atomic mass is 9.70. The Labute approximate surface area is 124 Å². The van der Waals surface area contributed by atoms with E-state index in [0.29, 0.717) is 5.92 Å². The maximum Gasteiger partial charge on any atom is 0.0937 e. The molecule has 1 fully saturated rings. The molecule has 2 nitrogen and oxygen atoms in total. The van der Waals surface area contributed by atoms with Crippen molar-refractivity contribution in [3.8, 4) is 0 Å². The summed E-state index contributed by atoms with van der Waals surface area (Å²) in [6.07, 6.45) is 10.6. The topological polar surface area (TPSA) is 25.2 Å². The van der Waals surface area contributed by atoms with Crippen LogP contribution in [-0.2, 0) is 0 Å². The average Bonchev–Trinajstić information content (AvgIpc) is 2.90. The van der Waals surface area contributed by atoms with E-state index in [4.69, 9.17) is 4.42 Å². The third kappa shape index (κ3) is 4.37. The second-order valence-corrected chi connectivity index (χ2v) is 7.52. The minimum Gasteiger partial charge on any atom is -0.472 e. The van der Waals surface area contributed by atoms with Gasteiger partial charge in [-0.25, -0.2) is 0 Å². The Balaban J connectivity index is 2.02. The van der Waals surface area contributed by atoms with E-state index < -0.39 is 0 Å². The molecule has 2 heteroatoms. The van der Waals surface area contributed by atoms with Gasteiger partial charge in [0.15, 0.2) is 0 Å². The lowest BCUT2D eigenvalue weighted by Gasteiger charge is -2.37. The first-order valence-corrected chi connectivity index (χ1v) is 8.26. The van der Waals surface area contributed by atoms with E-state index in [0.717, 1.165) is 18.4 Å². The van der Waals surface area contributed by atoms with Crippen LogP contribution < -0.4 is 5.32 Å². The Kier molecular flexibility index (Phi) is 5.31. The smallest absolute Gasteiger partial charge is 0.0937 e. The first kappa shape index (κ1) is 15.6. The summed E-state index contributed by atoms with van der Waals surface area (Å²) in [5.41, 5.74) is 1.62. The van der Waals surface area contributed by atoms with E-state index in [-0.39, 0.29) is 5.54 Å². The summed E-state index contributed by atoms with van der Waals surface area (Å²) in [5.74, 6) is 2.33. The fraction of sp³-hybridized carbons (Fsp3) is 0.778. The second kappa shape index (κ2) is 6.80. The molecule has 0 aliphatic heterocycles. The standard InChI is InChI=1S/C18H31NO/c1-5-6-14-7-8-15(12-19-18(2,3)4)17(11-14)16-9-10-20-13-16/h9-10,13-15,17,19H,5-8,11-12H2,1-4H3. The van der Waals surface area contributed by atoms with Crippen LogP contribution in [-0.4, -0.2) is 12.1 Å². The third-order valence-electron chi connectivity index (χ3n) is 4.66. The maximum absolute atomic E-state index is 5.34. The van der Waals surface area contributed by atoms with Crippen LogP contribution in [0.4, 0.5) is 0 Å². The van der Waals surface area contributed by atoms with E-state index >= 15 is 0 Å². The molecule has 1 N–H and O–H groups in total. The van der Waals surface area contributed by atoms with Crippen molar-refractivity contribution in [2.75, 3.05) is 6.54 Å². The Morgan fingerprint density at radius 2 is 2.10 bits per heavy atom. The van der Waals surface area contributed by atoms with Crippen molar-refractivity contribution in [2.45, 2.75) is 71.3 Å². The number of rotatable bonds is 5. The fourth-order valence-corrected chi connectivity index (χ4v) is 3.57. The predicted molar refractivity (Wildman–Crippen MR) is 84.9 cm³/mol. The molecule has 0 radical (unpaired) electrons. The van der Waals surface area contributed by atoms with Crippen molar-refractivity contribution in [1.82, 2.24) is 5.32 Å². The van der Waals surface area contributed by atoms with Crippen molar-refractivity contribution < 1.29 is 4.42 Å². The molecule has 3 unspecified atom stereocenters. The molecule has 1 aliphatic carbocycles. The van der Waals surface area contributed by atoms with Gasteiger partial charge in [-0.3, -0.25) is 0 Å². The lowest BCUT2D eigenvalue weighted by molar-refractivity contribution is 0.208. The molecule has 1 aromatic rings. The molecule has 0 saturated heterocycles. The normalized spacial score (nSPS) is 27.7. The van der Waals surface area contributed by atoms with Gasteiger partial charge in [0.1, 0.15) is 0 Å². The summed E-state index contributed by atoms with van der Waals surface area (Å²) in [5, 5.41) is 3.70. The van der Waals surface area contributed by atoms with Crippen LogP contribution in [0.25, 0.3) is 0 Å². The molecular weight excluding hydrogens is 246 g/mol. The van der Waals surface area contributed by atoms with E-state index in [1.165, 1.54) is 37.7 Å². The SMILES string of the molecule is CCCC1CCC(CNC(C)(C)C)C(c2ccoc2)C1. The molecule has 114 valence electrons. The highest BCUT2D eigenvalue weighted by atomic mass is 16.3. The van der Waals surface area contributed by atoms with Crippen LogP contribution >= 0.6 is 0 Å². The van der Waals surface area contributed by atoms with E-state index in [1.807, 2.05) is 12.5 Å². The van der Waals surface area contributed by atoms with Crippen LogP contribution in [0.15, 0.2) is 23.0 Å². The molecule has 0 amide bonds. The summed E-state index contributed by atoms with van der Waals surface area (Å²) in [7, 11) is 0. The summed E-state index contributed by atoms with van der Waals surface area (Å²) in [4.78, 5) is 0. The highest BCUT2D eigenvalue weighted by molar-refractivity contribution is 5.15. The van der Waals surface area contributed by atoms with Gasteiger partial charge in [0, 0.05) is 5.54 Å². The molecule has 2 rings (SSSR count). The maximum atomic E-state index is 5.34. The van der Waals surface area contributed by atoms with Gasteiger partial charge >= 0.3 is 0 Å². The van der Waals surface area contributed by atoms with Gasteiger partial charge in [-0.05, 0) is 69.5 Å². The van der Waals surface area contributed by atoms with Gasteiger partial charge in [0.05, 0.1) is 12.5 Å². The largest absolute Gasteiger partial charge is 0.472 e. The number of nitrogens with one attached hydrogen (secondary N) is 1. The Morgan fingerprint density at radius 1 is 1.30 bits per heavy atom. The molecule has 0 bridgehead atoms. The molecule has 20 heavy (non-hydrogen) atoms. The zero-order chi connectivity index (χ0) is 14.6. The second-order valence-electron chi connectivity index (χ2n) is 7.52. The lowest BCUT2D eigenvalue weighted by Crippen LogP contribution is -2.41. The third-order valence-corrected chi connectivity index (χ3v) is 4.66. The van der Waals surface area contributed by atoms with Crippen LogP contribution in [0.2, 0.25) is 0 Å². The van der Waals surface area contributed by atoms with E-state index in [1.54, 1.807) is 0 Å². The molecule has 1 saturated carbocycles. The average molecular weight is 277 g/mol. The van der Waals surface area contributed by atoms with Gasteiger partial charge in [0.25, 0.3) is 0 Å². The first-order chi connectivity index (χ1) is 9.49. The van der Waals surface area contributed by atoms with E-state index in [9.17, 15) is 0 Å². The van der Waals surface area contributed by atoms with E-state index in [2.05, 4.69) is 39.1 Å². The number of furan rings is 1. The highest BCUT2D eigenvalue weighted by Gasteiger charge is 2.32. The molecule has 3 atom stereocenters. The van der Waals surface area contributed by atoms with Crippen molar-refractivity contribution in [1.29, 1.82) is 0 Å². The predicted octanol–water partition coefficient (Wildman–Crippen LogP) is 4.97. The zero-order valence-electron chi connectivity index (χ0n) is 13.6. The van der Waals surface area contributed by atoms with Crippen LogP contribution in [0, 0.1) is 11.8 Å². The van der Waals surface area contributed by atoms with Crippen LogP contribution in [0.1, 0.15) is 71.3 Å². The Bertz CT molecular complexity index is 377. The zero-order valence-corrected chi connectivity index (χ0v) is 13.6. The molecular formula is C18H31NO. The summed E-state index contributed by atoms with van der Waals surface area (Å²) in [6, 6.07) is 2.17. The monoisotopic (exact) mass is 277 g/mol. The number of hydrogen-bond acceptors (Lipinski definition) is 2. The quantitative estimate of drug-likeness (QED) is 0.822. The van der Waals surface area contributed by atoms with Crippen LogP contribution in [0.5, 0.6) is 0 Å². The molecule has 0 aromatic carbocycles. The number of hydrogen-bond donors (Lipinski definition) is 1. The first-order valence-electron chi connectivity index (χ1n) is 8.26. The summed E-state index contributed by atoms with van der Waals surface area (Å²) in [6.45, 7) is 10.2. The molecule has 1 aromatic heterocycles. The fourth-order valence-electron chi connectivity index (χ4n) is 3.57. The Morgan fingerprint density at radius 3 is 2.70 bits per heavy atom. The van der Waals surface area contributed by atoms with Crippen molar-refractivity contribution in [2.24, 2.45) is 11.8 Å². The summed E-state index contributed by atoms with van der Waals surface area (Å²) >= 11 is 0. The summed E-state index contributed by atoms with van der Waals surface area (Å²) < 4.78 is 5.34. The van der Waals surface area contributed by atoms with Crippen LogP contribution in [0.3, 0.4) is 0 Å². The Hall–Kier alpha value is -0.760.